The molecule has 0 heterocycles. The van der Waals surface area contributed by atoms with E-state index < -0.39 is 11.0 Å². The minimum Gasteiger partial charge on any atom is -0.384 e. The van der Waals surface area contributed by atoms with E-state index in [9.17, 15) is 9.90 Å². The average molecular weight is 292 g/mol. The molecule has 0 spiro atoms. The molecule has 4 N–H and O–H groups in total. The average Bonchev–Trinajstić information content (AvgIpc) is 2.36. The van der Waals surface area contributed by atoms with E-state index in [4.69, 9.17) is 5.84 Å². The zero-order valence-electron chi connectivity index (χ0n) is 13.9. The maximum Gasteiger partial charge on any atom is 0.237 e. The summed E-state index contributed by atoms with van der Waals surface area (Å²) in [5.74, 6) is 4.81. The zero-order valence-corrected chi connectivity index (χ0v) is 13.9. The number of hydrogen-bond donors (Lipinski definition) is 3. The molecule has 0 aliphatic rings. The van der Waals surface area contributed by atoms with Crippen LogP contribution in [0.1, 0.15) is 59.1 Å². The van der Waals surface area contributed by atoms with Crippen LogP contribution < -0.4 is 11.3 Å². The molecule has 1 rings (SSSR count). The molecule has 0 aliphatic heterocycles. The Labute approximate surface area is 127 Å². The molecule has 1 aromatic carbocycles. The van der Waals surface area contributed by atoms with Crippen molar-refractivity contribution >= 4 is 5.91 Å². The van der Waals surface area contributed by atoms with Gasteiger partial charge in [-0.15, -0.1) is 0 Å². The van der Waals surface area contributed by atoms with E-state index in [0.717, 1.165) is 11.1 Å². The van der Waals surface area contributed by atoms with E-state index >= 15 is 0 Å². The van der Waals surface area contributed by atoms with Gasteiger partial charge in [-0.05, 0) is 22.0 Å². The lowest BCUT2D eigenvalue weighted by atomic mass is 9.69. The van der Waals surface area contributed by atoms with Gasteiger partial charge in [0.25, 0.3) is 0 Å². The summed E-state index contributed by atoms with van der Waals surface area (Å²) >= 11 is 0. The molecule has 1 amide bonds. The van der Waals surface area contributed by atoms with Gasteiger partial charge in [0, 0.05) is 0 Å². The quantitative estimate of drug-likeness (QED) is 0.455. The Kier molecular flexibility index (Phi) is 4.86. The minimum absolute atomic E-state index is 0.0229. The van der Waals surface area contributed by atoms with Crippen molar-refractivity contribution < 1.29 is 9.90 Å². The topological polar surface area (TPSA) is 75.3 Å². The summed E-state index contributed by atoms with van der Waals surface area (Å²) in [5.41, 5.74) is 2.16. The van der Waals surface area contributed by atoms with Gasteiger partial charge in [0.05, 0.1) is 6.42 Å². The molecule has 21 heavy (non-hydrogen) atoms. The van der Waals surface area contributed by atoms with Gasteiger partial charge in [-0.1, -0.05) is 65.8 Å². The van der Waals surface area contributed by atoms with Gasteiger partial charge < -0.3 is 5.11 Å². The molecule has 4 heteroatoms. The van der Waals surface area contributed by atoms with E-state index in [2.05, 4.69) is 26.2 Å². The van der Waals surface area contributed by atoms with E-state index in [0.29, 0.717) is 0 Å². The van der Waals surface area contributed by atoms with Crippen molar-refractivity contribution in [1.82, 2.24) is 5.43 Å². The number of nitrogens with two attached hydrogens (primary N) is 1. The summed E-state index contributed by atoms with van der Waals surface area (Å²) in [6.07, 6.45) is -0.0689. The number of hydrazine groups is 1. The van der Waals surface area contributed by atoms with E-state index in [-0.39, 0.29) is 17.7 Å². The van der Waals surface area contributed by atoms with Crippen LogP contribution in [0, 0.1) is 5.41 Å². The second-order valence-corrected chi connectivity index (χ2v) is 7.69. The van der Waals surface area contributed by atoms with Crippen molar-refractivity contribution in [2.24, 2.45) is 11.3 Å². The van der Waals surface area contributed by atoms with Crippen LogP contribution in [-0.2, 0) is 15.8 Å². The number of nitrogens with one attached hydrogen (secondary N) is 1. The summed E-state index contributed by atoms with van der Waals surface area (Å²) in [6.45, 7) is 12.1. The SMILES string of the molecule is CC(C)(C)c1cccc(C(O)(CC(=O)NN)C(C)(C)C)c1. The van der Waals surface area contributed by atoms with Gasteiger partial charge >= 0.3 is 0 Å². The molecule has 1 aromatic rings. The number of hydrogen-bond acceptors (Lipinski definition) is 3. The largest absolute Gasteiger partial charge is 0.384 e. The van der Waals surface area contributed by atoms with Gasteiger partial charge in [0.15, 0.2) is 0 Å². The number of aliphatic hydroxyl groups is 1. The molecule has 118 valence electrons. The Morgan fingerprint density at radius 1 is 1.14 bits per heavy atom. The minimum atomic E-state index is -1.28. The van der Waals surface area contributed by atoms with Crippen LogP contribution in [-0.4, -0.2) is 11.0 Å². The second kappa shape index (κ2) is 5.78. The fourth-order valence-electron chi connectivity index (χ4n) is 2.33. The molecule has 4 nitrogen and oxygen atoms in total. The molecule has 1 atom stereocenters. The molecule has 0 radical (unpaired) electrons. The van der Waals surface area contributed by atoms with Crippen molar-refractivity contribution in [1.29, 1.82) is 0 Å². The number of carbonyl (C=O) groups is 1. The third kappa shape index (κ3) is 3.83. The molecule has 0 bridgehead atoms. The van der Waals surface area contributed by atoms with E-state index in [1.165, 1.54) is 0 Å². The Morgan fingerprint density at radius 2 is 1.67 bits per heavy atom. The normalized spacial score (nSPS) is 15.4. The molecular formula is C17H28N2O2. The van der Waals surface area contributed by atoms with Gasteiger partial charge in [0.2, 0.25) is 5.91 Å². The number of benzene rings is 1. The summed E-state index contributed by atoms with van der Waals surface area (Å²) in [7, 11) is 0. The van der Waals surface area contributed by atoms with Gasteiger partial charge in [-0.2, -0.15) is 0 Å². The summed E-state index contributed by atoms with van der Waals surface area (Å²) in [4.78, 5) is 11.7. The first kappa shape index (κ1) is 17.7. The van der Waals surface area contributed by atoms with Crippen LogP contribution in [0.4, 0.5) is 0 Å². The molecular weight excluding hydrogens is 264 g/mol. The molecule has 1 unspecified atom stereocenters. The fraction of sp³-hybridized carbons (Fsp3) is 0.588. The highest BCUT2D eigenvalue weighted by Crippen LogP contribution is 2.42. The van der Waals surface area contributed by atoms with Crippen LogP contribution in [0.15, 0.2) is 24.3 Å². The van der Waals surface area contributed by atoms with Crippen molar-refractivity contribution in [3.63, 3.8) is 0 Å². The molecule has 0 saturated heterocycles. The first-order valence-corrected chi connectivity index (χ1v) is 7.24. The Hall–Kier alpha value is -1.39. The maximum absolute atomic E-state index is 11.7. The van der Waals surface area contributed by atoms with Crippen molar-refractivity contribution in [2.75, 3.05) is 0 Å². The predicted molar refractivity (Wildman–Crippen MR) is 85.4 cm³/mol. The van der Waals surface area contributed by atoms with Gasteiger partial charge in [0.1, 0.15) is 5.60 Å². The monoisotopic (exact) mass is 292 g/mol. The van der Waals surface area contributed by atoms with Crippen molar-refractivity contribution in [2.45, 2.75) is 59.0 Å². The molecule has 0 aliphatic carbocycles. The van der Waals surface area contributed by atoms with Crippen LogP contribution >= 0.6 is 0 Å². The summed E-state index contributed by atoms with van der Waals surface area (Å²) in [5, 5.41) is 11.2. The molecule has 0 fully saturated rings. The van der Waals surface area contributed by atoms with Crippen LogP contribution in [0.2, 0.25) is 0 Å². The van der Waals surface area contributed by atoms with Gasteiger partial charge in [-0.3, -0.25) is 10.2 Å². The van der Waals surface area contributed by atoms with Gasteiger partial charge in [-0.25, -0.2) is 5.84 Å². The van der Waals surface area contributed by atoms with Crippen LogP contribution in [0.5, 0.6) is 0 Å². The first-order valence-electron chi connectivity index (χ1n) is 7.24. The van der Waals surface area contributed by atoms with E-state index in [1.807, 2.05) is 45.0 Å². The first-order chi connectivity index (χ1) is 9.41. The predicted octanol–water partition coefficient (Wildman–Crippen LogP) is 2.60. The lowest BCUT2D eigenvalue weighted by molar-refractivity contribution is -0.134. The fourth-order valence-corrected chi connectivity index (χ4v) is 2.33. The Bertz CT molecular complexity index is 512. The number of amides is 1. The van der Waals surface area contributed by atoms with E-state index in [1.54, 1.807) is 0 Å². The highest BCUT2D eigenvalue weighted by Gasteiger charge is 2.43. The van der Waals surface area contributed by atoms with Crippen molar-refractivity contribution in [3.8, 4) is 0 Å². The Morgan fingerprint density at radius 3 is 2.10 bits per heavy atom. The summed E-state index contributed by atoms with van der Waals surface area (Å²) < 4.78 is 0. The maximum atomic E-state index is 11.7. The van der Waals surface area contributed by atoms with Crippen LogP contribution in [0.3, 0.4) is 0 Å². The standard InChI is InChI=1S/C17H28N2O2/c1-15(2,3)12-8-7-9-13(10-12)17(21,16(4,5)6)11-14(20)19-18/h7-10,21H,11,18H2,1-6H3,(H,19,20). The molecule has 0 aromatic heterocycles. The highest BCUT2D eigenvalue weighted by atomic mass is 16.3. The smallest absolute Gasteiger partial charge is 0.237 e. The third-order valence-electron chi connectivity index (χ3n) is 4.02. The van der Waals surface area contributed by atoms with Crippen LogP contribution in [0.25, 0.3) is 0 Å². The zero-order chi connectivity index (χ0) is 16.5. The summed E-state index contributed by atoms with van der Waals surface area (Å²) in [6, 6.07) is 7.81. The molecule has 0 saturated carbocycles. The Balaban J connectivity index is 3.37. The lowest BCUT2D eigenvalue weighted by Crippen LogP contribution is -2.45. The lowest BCUT2D eigenvalue weighted by Gasteiger charge is -2.41. The van der Waals surface area contributed by atoms with Crippen molar-refractivity contribution in [3.05, 3.63) is 35.4 Å². The number of rotatable bonds is 3. The number of carbonyl (C=O) groups excluding carboxylic acids is 1. The second-order valence-electron chi connectivity index (χ2n) is 7.69. The third-order valence-corrected chi connectivity index (χ3v) is 4.02. The highest BCUT2D eigenvalue weighted by molar-refractivity contribution is 5.76.